The Kier molecular flexibility index (Phi) is 2.85. The van der Waals surface area contributed by atoms with Crippen molar-refractivity contribution in [2.75, 3.05) is 0 Å². The van der Waals surface area contributed by atoms with Crippen LogP contribution in [0.5, 0.6) is 0 Å². The summed E-state index contributed by atoms with van der Waals surface area (Å²) in [4.78, 5) is 31.0. The Labute approximate surface area is 115 Å². The van der Waals surface area contributed by atoms with Crippen LogP contribution in [0.4, 0.5) is 0 Å². The molecule has 2 unspecified atom stereocenters. The molecule has 2 aliphatic rings. The van der Waals surface area contributed by atoms with E-state index in [2.05, 4.69) is 9.98 Å². The first-order valence-electron chi connectivity index (χ1n) is 6.24. The highest BCUT2D eigenvalue weighted by molar-refractivity contribution is 6.09. The molecule has 0 N–H and O–H groups in total. The standard InChI is InChI=1S/C14H12N2O4/c1-7-13(17)19-11(15-7)9-4-3-5-10(6-9)12-16-8(2)14(18)20-12/h3-8H,1-2H3. The van der Waals surface area contributed by atoms with Crippen LogP contribution in [0, 0.1) is 0 Å². The smallest absolute Gasteiger partial charge is 0.337 e. The minimum absolute atomic E-state index is 0.280. The molecule has 0 fully saturated rings. The first kappa shape index (κ1) is 12.5. The Hall–Kier alpha value is -2.50. The largest absolute Gasteiger partial charge is 0.406 e. The second-order valence-corrected chi connectivity index (χ2v) is 4.64. The van der Waals surface area contributed by atoms with Crippen molar-refractivity contribution in [3.8, 4) is 0 Å². The van der Waals surface area contributed by atoms with Crippen LogP contribution in [0.25, 0.3) is 0 Å². The molecule has 0 saturated heterocycles. The third-order valence-electron chi connectivity index (χ3n) is 3.06. The van der Waals surface area contributed by atoms with Crippen LogP contribution < -0.4 is 0 Å². The lowest BCUT2D eigenvalue weighted by molar-refractivity contribution is -0.135. The van der Waals surface area contributed by atoms with Gasteiger partial charge in [0.05, 0.1) is 0 Å². The molecule has 6 nitrogen and oxygen atoms in total. The first-order valence-corrected chi connectivity index (χ1v) is 6.24. The fraction of sp³-hybridized carbons (Fsp3) is 0.286. The van der Waals surface area contributed by atoms with Crippen molar-refractivity contribution in [1.82, 2.24) is 0 Å². The monoisotopic (exact) mass is 272 g/mol. The lowest BCUT2D eigenvalue weighted by Crippen LogP contribution is -2.12. The number of esters is 2. The predicted octanol–water partition coefficient (Wildman–Crippen LogP) is 1.07. The number of aliphatic imine (C=N–C) groups is 2. The predicted molar refractivity (Wildman–Crippen MR) is 70.6 cm³/mol. The number of hydrogen-bond donors (Lipinski definition) is 0. The molecule has 3 rings (SSSR count). The van der Waals surface area contributed by atoms with Crippen molar-refractivity contribution >= 4 is 23.7 Å². The maximum Gasteiger partial charge on any atom is 0.337 e. The van der Waals surface area contributed by atoms with Gasteiger partial charge >= 0.3 is 11.9 Å². The molecule has 2 heterocycles. The van der Waals surface area contributed by atoms with Crippen molar-refractivity contribution in [3.05, 3.63) is 35.4 Å². The van der Waals surface area contributed by atoms with Crippen LogP contribution in [0.15, 0.2) is 34.3 Å². The maximum atomic E-state index is 11.4. The molecule has 0 aromatic heterocycles. The van der Waals surface area contributed by atoms with E-state index in [0.717, 1.165) is 0 Å². The molecular formula is C14H12N2O4. The Balaban J connectivity index is 1.92. The van der Waals surface area contributed by atoms with E-state index in [9.17, 15) is 9.59 Å². The third kappa shape index (κ3) is 2.09. The van der Waals surface area contributed by atoms with Crippen LogP contribution >= 0.6 is 0 Å². The zero-order valence-corrected chi connectivity index (χ0v) is 11.0. The molecule has 0 aliphatic carbocycles. The molecule has 0 bridgehead atoms. The van der Waals surface area contributed by atoms with Gasteiger partial charge in [0.1, 0.15) is 12.1 Å². The number of nitrogens with zero attached hydrogens (tertiary/aromatic N) is 2. The molecule has 20 heavy (non-hydrogen) atoms. The minimum atomic E-state index is -0.490. The normalized spacial score (nSPS) is 25.1. The molecule has 0 amide bonds. The van der Waals surface area contributed by atoms with Gasteiger partial charge < -0.3 is 9.47 Å². The summed E-state index contributed by atoms with van der Waals surface area (Å²) in [7, 11) is 0. The summed E-state index contributed by atoms with van der Waals surface area (Å²) in [5.74, 6) is -0.183. The van der Waals surface area contributed by atoms with E-state index < -0.39 is 12.1 Å². The van der Waals surface area contributed by atoms with E-state index in [4.69, 9.17) is 9.47 Å². The minimum Gasteiger partial charge on any atom is -0.406 e. The number of carbonyl (C=O) groups excluding carboxylic acids is 2. The number of ether oxygens (including phenoxy) is 2. The number of carbonyl (C=O) groups is 2. The average molecular weight is 272 g/mol. The van der Waals surface area contributed by atoms with Crippen molar-refractivity contribution in [1.29, 1.82) is 0 Å². The fourth-order valence-electron chi connectivity index (χ4n) is 1.92. The van der Waals surface area contributed by atoms with Crippen LogP contribution in [-0.2, 0) is 19.1 Å². The first-order chi connectivity index (χ1) is 9.54. The zero-order valence-electron chi connectivity index (χ0n) is 11.0. The van der Waals surface area contributed by atoms with E-state index in [-0.39, 0.29) is 23.7 Å². The second kappa shape index (κ2) is 4.56. The summed E-state index contributed by atoms with van der Waals surface area (Å²) in [5.41, 5.74) is 1.30. The van der Waals surface area contributed by atoms with E-state index in [1.165, 1.54) is 0 Å². The van der Waals surface area contributed by atoms with Crippen molar-refractivity contribution in [2.24, 2.45) is 9.98 Å². The molecule has 102 valence electrons. The van der Waals surface area contributed by atoms with Crippen molar-refractivity contribution in [3.63, 3.8) is 0 Å². The van der Waals surface area contributed by atoms with Crippen LogP contribution in [0.2, 0.25) is 0 Å². The van der Waals surface area contributed by atoms with Gasteiger partial charge in [-0.2, -0.15) is 0 Å². The van der Waals surface area contributed by atoms with Gasteiger partial charge in [-0.1, -0.05) is 6.07 Å². The molecule has 1 aromatic rings. The molecule has 6 heteroatoms. The summed E-state index contributed by atoms with van der Waals surface area (Å²) in [6, 6.07) is 6.06. The Morgan fingerprint density at radius 1 is 0.900 bits per heavy atom. The summed E-state index contributed by atoms with van der Waals surface area (Å²) in [6.45, 7) is 3.34. The van der Waals surface area contributed by atoms with Crippen molar-refractivity contribution in [2.45, 2.75) is 25.9 Å². The summed E-state index contributed by atoms with van der Waals surface area (Å²) in [5, 5.41) is 0. The van der Waals surface area contributed by atoms with E-state index in [1.807, 2.05) is 0 Å². The van der Waals surface area contributed by atoms with Crippen LogP contribution in [0.3, 0.4) is 0 Å². The topological polar surface area (TPSA) is 77.3 Å². The quantitative estimate of drug-likeness (QED) is 0.754. The maximum absolute atomic E-state index is 11.4. The third-order valence-corrected chi connectivity index (χ3v) is 3.06. The molecule has 2 aliphatic heterocycles. The van der Waals surface area contributed by atoms with Gasteiger partial charge in [-0.15, -0.1) is 0 Å². The molecule has 0 spiro atoms. The number of cyclic esters (lactones) is 2. The number of benzene rings is 1. The van der Waals surface area contributed by atoms with Crippen LogP contribution in [-0.4, -0.2) is 35.8 Å². The highest BCUT2D eigenvalue weighted by Crippen LogP contribution is 2.18. The van der Waals surface area contributed by atoms with E-state index in [1.54, 1.807) is 38.1 Å². The van der Waals surface area contributed by atoms with E-state index >= 15 is 0 Å². The van der Waals surface area contributed by atoms with E-state index in [0.29, 0.717) is 11.1 Å². The summed E-state index contributed by atoms with van der Waals surface area (Å²) < 4.78 is 10.2. The van der Waals surface area contributed by atoms with Gasteiger partial charge in [-0.3, -0.25) is 0 Å². The zero-order chi connectivity index (χ0) is 14.3. The molecule has 1 aromatic carbocycles. The summed E-state index contributed by atoms with van der Waals surface area (Å²) in [6.07, 6.45) is 0. The highest BCUT2D eigenvalue weighted by atomic mass is 16.6. The summed E-state index contributed by atoms with van der Waals surface area (Å²) >= 11 is 0. The Bertz CT molecular complexity index is 610. The average Bonchev–Trinajstić information content (AvgIpc) is 2.94. The molecule has 0 radical (unpaired) electrons. The number of hydrogen-bond acceptors (Lipinski definition) is 6. The van der Waals surface area contributed by atoms with Gasteiger partial charge in [0.25, 0.3) is 0 Å². The number of rotatable bonds is 2. The lowest BCUT2D eigenvalue weighted by Gasteiger charge is -2.03. The fourth-order valence-corrected chi connectivity index (χ4v) is 1.92. The Morgan fingerprint density at radius 3 is 1.70 bits per heavy atom. The Morgan fingerprint density at radius 2 is 1.35 bits per heavy atom. The molecule has 0 saturated carbocycles. The van der Waals surface area contributed by atoms with Crippen LogP contribution in [0.1, 0.15) is 25.0 Å². The van der Waals surface area contributed by atoms with Gasteiger partial charge in [-0.25, -0.2) is 19.6 Å². The lowest BCUT2D eigenvalue weighted by atomic mass is 10.1. The molecular weight excluding hydrogens is 260 g/mol. The van der Waals surface area contributed by atoms with Gasteiger partial charge in [0.2, 0.25) is 11.8 Å². The molecule has 2 atom stereocenters. The van der Waals surface area contributed by atoms with Gasteiger partial charge in [-0.05, 0) is 32.0 Å². The SMILES string of the molecule is CC1N=C(c2cccc(C3=NC(C)C(=O)O3)c2)OC1=O. The van der Waals surface area contributed by atoms with Gasteiger partial charge in [0.15, 0.2) is 0 Å². The second-order valence-electron chi connectivity index (χ2n) is 4.64. The van der Waals surface area contributed by atoms with Gasteiger partial charge in [0, 0.05) is 11.1 Å². The highest BCUT2D eigenvalue weighted by Gasteiger charge is 2.28. The van der Waals surface area contributed by atoms with Crippen molar-refractivity contribution < 1.29 is 19.1 Å².